The summed E-state index contributed by atoms with van der Waals surface area (Å²) in [7, 11) is 0. The Hall–Kier alpha value is -3.32. The van der Waals surface area contributed by atoms with E-state index in [2.05, 4.69) is 15.5 Å². The van der Waals surface area contributed by atoms with Crippen molar-refractivity contribution in [1.82, 2.24) is 20.4 Å². The molecule has 0 saturated carbocycles. The number of piperidine rings is 1. The maximum absolute atomic E-state index is 13.5. The minimum atomic E-state index is -0.197. The Balaban J connectivity index is 1.44. The first-order valence-corrected chi connectivity index (χ1v) is 10.3. The summed E-state index contributed by atoms with van der Waals surface area (Å²) < 4.78 is 0. The summed E-state index contributed by atoms with van der Waals surface area (Å²) in [6.07, 6.45) is 5.48. The second kappa shape index (κ2) is 7.50. The Labute approximate surface area is 175 Å². The summed E-state index contributed by atoms with van der Waals surface area (Å²) in [4.78, 5) is 17.4. The highest BCUT2D eigenvalue weighted by molar-refractivity contribution is 5.95. The predicted octanol–water partition coefficient (Wildman–Crippen LogP) is 3.35. The van der Waals surface area contributed by atoms with Gasteiger partial charge >= 0.3 is 6.03 Å². The Kier molecular flexibility index (Phi) is 4.67. The van der Waals surface area contributed by atoms with Gasteiger partial charge in [0.2, 0.25) is 0 Å². The topological polar surface area (TPSA) is 84.5 Å². The van der Waals surface area contributed by atoms with Crippen molar-refractivity contribution < 1.29 is 9.90 Å². The van der Waals surface area contributed by atoms with Crippen LogP contribution in [0.3, 0.4) is 0 Å². The van der Waals surface area contributed by atoms with Gasteiger partial charge in [-0.15, -0.1) is 0 Å². The van der Waals surface area contributed by atoms with E-state index in [4.69, 9.17) is 0 Å². The largest absolute Gasteiger partial charge is 0.508 e. The highest BCUT2D eigenvalue weighted by Crippen LogP contribution is 2.38. The third kappa shape index (κ3) is 3.31. The van der Waals surface area contributed by atoms with E-state index in [9.17, 15) is 9.90 Å². The summed E-state index contributed by atoms with van der Waals surface area (Å²) in [5.41, 5.74) is 3.74. The SMILES string of the molecule is O=C1N(c2ccc(-c3cn[nH]c3)cc2)CC2(CCNCC2)N1Cc1cccc(O)c1. The third-order valence-corrected chi connectivity index (χ3v) is 6.28. The lowest BCUT2D eigenvalue weighted by molar-refractivity contribution is 0.119. The standard InChI is InChI=1S/C23H25N5O2/c29-21-3-1-2-17(12-21)15-28-22(30)27(16-23(28)8-10-24-11-9-23)20-6-4-18(5-7-20)19-13-25-26-14-19/h1-7,12-14,24,29H,8-11,15-16H2,(H,25,26). The molecule has 2 amide bonds. The number of nitrogens with zero attached hydrogens (tertiary/aromatic N) is 3. The molecule has 2 fully saturated rings. The average molecular weight is 403 g/mol. The van der Waals surface area contributed by atoms with Gasteiger partial charge in [0.1, 0.15) is 5.75 Å². The van der Waals surface area contributed by atoms with E-state index in [1.807, 2.05) is 52.4 Å². The molecule has 2 aliphatic rings. The second-order valence-electron chi connectivity index (χ2n) is 8.13. The summed E-state index contributed by atoms with van der Waals surface area (Å²) in [5, 5.41) is 20.1. The van der Waals surface area contributed by atoms with Crippen LogP contribution in [0.5, 0.6) is 5.75 Å². The van der Waals surface area contributed by atoms with Gasteiger partial charge < -0.3 is 15.3 Å². The maximum Gasteiger partial charge on any atom is 0.325 e. The number of phenolic OH excluding ortho intramolecular Hbond substituents is 1. The van der Waals surface area contributed by atoms with Gasteiger partial charge in [-0.3, -0.25) is 10.00 Å². The normalized spacial score (nSPS) is 18.3. The molecule has 0 bridgehead atoms. The number of benzene rings is 2. The molecule has 3 heterocycles. The molecule has 0 atom stereocenters. The van der Waals surface area contributed by atoms with Gasteiger partial charge in [0.05, 0.1) is 18.3 Å². The Morgan fingerprint density at radius 3 is 2.57 bits per heavy atom. The fraction of sp³-hybridized carbons (Fsp3) is 0.304. The number of aromatic amines is 1. The second-order valence-corrected chi connectivity index (χ2v) is 8.13. The van der Waals surface area contributed by atoms with Crippen molar-refractivity contribution in [3.63, 3.8) is 0 Å². The molecule has 3 N–H and O–H groups in total. The molecule has 154 valence electrons. The van der Waals surface area contributed by atoms with Crippen molar-refractivity contribution in [2.45, 2.75) is 24.9 Å². The van der Waals surface area contributed by atoms with Crippen LogP contribution < -0.4 is 10.2 Å². The smallest absolute Gasteiger partial charge is 0.325 e. The van der Waals surface area contributed by atoms with Crippen LogP contribution in [-0.4, -0.2) is 51.4 Å². The number of amides is 2. The molecule has 7 nitrogen and oxygen atoms in total. The van der Waals surface area contributed by atoms with Crippen molar-refractivity contribution in [3.8, 4) is 16.9 Å². The zero-order valence-corrected chi connectivity index (χ0v) is 16.7. The predicted molar refractivity (Wildman–Crippen MR) is 115 cm³/mol. The molecule has 0 radical (unpaired) electrons. The minimum absolute atomic E-state index is 0.0244. The Bertz CT molecular complexity index is 1030. The number of aromatic nitrogens is 2. The lowest BCUT2D eigenvalue weighted by Gasteiger charge is -2.40. The number of carbonyl (C=O) groups excluding carboxylic acids is 1. The van der Waals surface area contributed by atoms with E-state index in [0.717, 1.165) is 48.3 Å². The highest BCUT2D eigenvalue weighted by Gasteiger charge is 2.50. The van der Waals surface area contributed by atoms with Gasteiger partial charge in [0.25, 0.3) is 0 Å². The molecule has 0 aliphatic carbocycles. The molecule has 0 unspecified atom stereocenters. The number of rotatable bonds is 4. The zero-order chi connectivity index (χ0) is 20.6. The minimum Gasteiger partial charge on any atom is -0.508 e. The fourth-order valence-electron chi connectivity index (χ4n) is 4.63. The molecule has 1 aromatic heterocycles. The number of H-pyrrole nitrogens is 1. The van der Waals surface area contributed by atoms with Gasteiger partial charge in [0, 0.05) is 24.0 Å². The number of hydrogen-bond donors (Lipinski definition) is 3. The number of carbonyl (C=O) groups is 1. The van der Waals surface area contributed by atoms with E-state index in [0.29, 0.717) is 13.1 Å². The zero-order valence-electron chi connectivity index (χ0n) is 16.7. The lowest BCUT2D eigenvalue weighted by Crippen LogP contribution is -2.53. The van der Waals surface area contributed by atoms with Crippen LogP contribution in [0.15, 0.2) is 60.9 Å². The number of hydrogen-bond acceptors (Lipinski definition) is 4. The molecule has 30 heavy (non-hydrogen) atoms. The molecular formula is C23H25N5O2. The van der Waals surface area contributed by atoms with E-state index >= 15 is 0 Å². The molecule has 7 heteroatoms. The molecule has 1 spiro atoms. The first-order valence-electron chi connectivity index (χ1n) is 10.3. The van der Waals surface area contributed by atoms with Crippen LogP contribution in [0.25, 0.3) is 11.1 Å². The van der Waals surface area contributed by atoms with Crippen LogP contribution in [0.1, 0.15) is 18.4 Å². The molecule has 2 aromatic carbocycles. The first kappa shape index (κ1) is 18.7. The molecule has 2 aliphatic heterocycles. The van der Waals surface area contributed by atoms with Gasteiger partial charge in [-0.2, -0.15) is 5.10 Å². The van der Waals surface area contributed by atoms with Crippen LogP contribution in [0, 0.1) is 0 Å². The molecular weight excluding hydrogens is 378 g/mol. The molecule has 5 rings (SSSR count). The van der Waals surface area contributed by atoms with Gasteiger partial charge in [-0.05, 0) is 61.3 Å². The van der Waals surface area contributed by atoms with Crippen molar-refractivity contribution in [3.05, 3.63) is 66.5 Å². The monoisotopic (exact) mass is 403 g/mol. The van der Waals surface area contributed by atoms with Crippen LogP contribution >= 0.6 is 0 Å². The number of urea groups is 1. The van der Waals surface area contributed by atoms with Gasteiger partial charge in [-0.25, -0.2) is 4.79 Å². The molecule has 2 saturated heterocycles. The Morgan fingerprint density at radius 2 is 1.87 bits per heavy atom. The lowest BCUT2D eigenvalue weighted by atomic mass is 9.87. The number of phenols is 1. The summed E-state index contributed by atoms with van der Waals surface area (Å²) >= 11 is 0. The average Bonchev–Trinajstić information content (AvgIpc) is 3.39. The first-order chi connectivity index (χ1) is 14.6. The van der Waals surface area contributed by atoms with Crippen molar-refractivity contribution in [2.75, 3.05) is 24.5 Å². The van der Waals surface area contributed by atoms with Crippen molar-refractivity contribution in [2.24, 2.45) is 0 Å². The summed E-state index contributed by atoms with van der Waals surface area (Å²) in [6.45, 7) is 2.97. The third-order valence-electron chi connectivity index (χ3n) is 6.28. The summed E-state index contributed by atoms with van der Waals surface area (Å²) in [5.74, 6) is 0.227. The van der Waals surface area contributed by atoms with Crippen molar-refractivity contribution in [1.29, 1.82) is 0 Å². The highest BCUT2D eigenvalue weighted by atomic mass is 16.3. The van der Waals surface area contributed by atoms with Crippen LogP contribution in [0.4, 0.5) is 10.5 Å². The molecule has 3 aromatic rings. The quantitative estimate of drug-likeness (QED) is 0.624. The summed E-state index contributed by atoms with van der Waals surface area (Å²) in [6, 6.07) is 15.3. The van der Waals surface area contributed by atoms with E-state index in [1.54, 1.807) is 18.3 Å². The fourth-order valence-corrected chi connectivity index (χ4v) is 4.63. The number of aromatic hydroxyl groups is 1. The van der Waals surface area contributed by atoms with E-state index < -0.39 is 0 Å². The van der Waals surface area contributed by atoms with E-state index in [1.165, 1.54) is 0 Å². The number of nitrogens with one attached hydrogen (secondary N) is 2. The van der Waals surface area contributed by atoms with Crippen LogP contribution in [-0.2, 0) is 6.54 Å². The van der Waals surface area contributed by atoms with Gasteiger partial charge in [-0.1, -0.05) is 24.3 Å². The Morgan fingerprint density at radius 1 is 1.07 bits per heavy atom. The van der Waals surface area contributed by atoms with Gasteiger partial charge in [0.15, 0.2) is 0 Å². The van der Waals surface area contributed by atoms with Crippen LogP contribution in [0.2, 0.25) is 0 Å². The van der Waals surface area contributed by atoms with E-state index in [-0.39, 0.29) is 17.3 Å². The van der Waals surface area contributed by atoms with Crippen molar-refractivity contribution >= 4 is 11.7 Å². The number of anilines is 1. The maximum atomic E-state index is 13.5.